The summed E-state index contributed by atoms with van der Waals surface area (Å²) in [4.78, 5) is 28.3. The lowest BCUT2D eigenvalue weighted by atomic mass is 10.2. The highest BCUT2D eigenvalue weighted by atomic mass is 16.6. The van der Waals surface area contributed by atoms with Crippen molar-refractivity contribution in [2.75, 3.05) is 11.9 Å². The van der Waals surface area contributed by atoms with Gasteiger partial charge in [0.1, 0.15) is 5.75 Å². The van der Waals surface area contributed by atoms with Crippen LogP contribution in [0.3, 0.4) is 0 Å². The van der Waals surface area contributed by atoms with Gasteiger partial charge in [-0.15, -0.1) is 0 Å². The molecule has 0 bridgehead atoms. The molecule has 0 aliphatic carbocycles. The number of amides is 1. The maximum absolute atomic E-state index is 12.1. The van der Waals surface area contributed by atoms with Gasteiger partial charge in [0, 0.05) is 11.3 Å². The summed E-state index contributed by atoms with van der Waals surface area (Å²) in [7, 11) is 0. The second-order valence-corrected chi connectivity index (χ2v) is 6.47. The van der Waals surface area contributed by atoms with Crippen molar-refractivity contribution in [3.63, 3.8) is 0 Å². The summed E-state index contributed by atoms with van der Waals surface area (Å²) < 4.78 is 10.8. The van der Waals surface area contributed by atoms with Gasteiger partial charge in [-0.25, -0.2) is 9.79 Å². The number of nitrogens with zero attached hydrogens (tertiary/aromatic N) is 1. The third-order valence-corrected chi connectivity index (χ3v) is 4.25. The van der Waals surface area contributed by atoms with Crippen molar-refractivity contribution in [1.29, 1.82) is 0 Å². The number of ether oxygens (including phenoxy) is 2. The lowest BCUT2D eigenvalue weighted by Crippen LogP contribution is -2.20. The smallest absolute Gasteiger partial charge is 0.363 e. The Kier molecular flexibility index (Phi) is 5.66. The first kappa shape index (κ1) is 19.1. The fourth-order valence-corrected chi connectivity index (χ4v) is 2.80. The third-order valence-electron chi connectivity index (χ3n) is 4.25. The molecule has 148 valence electrons. The van der Waals surface area contributed by atoms with E-state index in [0.29, 0.717) is 11.4 Å². The number of esters is 1. The molecule has 1 aliphatic heterocycles. The molecule has 0 saturated carbocycles. The predicted octanol–water partition coefficient (Wildman–Crippen LogP) is 4.05. The zero-order valence-electron chi connectivity index (χ0n) is 15.9. The average molecular weight is 398 g/mol. The summed E-state index contributed by atoms with van der Waals surface area (Å²) in [5, 5.41) is 2.75. The Labute approximate surface area is 173 Å². The number of rotatable bonds is 6. The molecule has 1 aliphatic rings. The Morgan fingerprint density at radius 2 is 1.60 bits per heavy atom. The molecule has 1 N–H and O–H groups in total. The number of para-hydroxylation sites is 1. The number of hydrogen-bond acceptors (Lipinski definition) is 5. The quantitative estimate of drug-likeness (QED) is 0.502. The maximum Gasteiger partial charge on any atom is 0.363 e. The molecule has 6 nitrogen and oxygen atoms in total. The van der Waals surface area contributed by atoms with Gasteiger partial charge in [-0.1, -0.05) is 48.5 Å². The molecular weight excluding hydrogens is 380 g/mol. The number of aliphatic imine (C=N–C) groups is 1. The average Bonchev–Trinajstić information content (AvgIpc) is 3.15. The largest absolute Gasteiger partial charge is 0.484 e. The number of hydrogen-bond donors (Lipinski definition) is 1. The van der Waals surface area contributed by atoms with E-state index >= 15 is 0 Å². The molecule has 3 aromatic carbocycles. The second kappa shape index (κ2) is 8.87. The van der Waals surface area contributed by atoms with Crippen LogP contribution >= 0.6 is 0 Å². The van der Waals surface area contributed by atoms with Crippen molar-refractivity contribution in [2.45, 2.75) is 0 Å². The lowest BCUT2D eigenvalue weighted by molar-refractivity contribution is -0.130. The fraction of sp³-hybridized carbons (Fsp3) is 0.0417. The first-order valence-corrected chi connectivity index (χ1v) is 9.33. The zero-order chi connectivity index (χ0) is 20.8. The molecule has 0 spiro atoms. The summed E-state index contributed by atoms with van der Waals surface area (Å²) in [6.07, 6.45) is 1.64. The maximum atomic E-state index is 12.1. The van der Waals surface area contributed by atoms with Crippen LogP contribution in [0.25, 0.3) is 6.08 Å². The van der Waals surface area contributed by atoms with Crippen molar-refractivity contribution >= 4 is 29.5 Å². The third kappa shape index (κ3) is 4.80. The molecule has 0 unspecified atom stereocenters. The highest BCUT2D eigenvalue weighted by Gasteiger charge is 2.23. The van der Waals surface area contributed by atoms with E-state index in [1.165, 1.54) is 0 Å². The van der Waals surface area contributed by atoms with Crippen LogP contribution in [0.2, 0.25) is 0 Å². The van der Waals surface area contributed by atoms with E-state index in [2.05, 4.69) is 10.3 Å². The van der Waals surface area contributed by atoms with Crippen molar-refractivity contribution in [3.05, 3.63) is 102 Å². The fourth-order valence-electron chi connectivity index (χ4n) is 2.80. The molecule has 30 heavy (non-hydrogen) atoms. The van der Waals surface area contributed by atoms with Gasteiger partial charge in [0.2, 0.25) is 5.90 Å². The number of carbonyl (C=O) groups excluding carboxylic acids is 2. The van der Waals surface area contributed by atoms with E-state index in [9.17, 15) is 9.59 Å². The van der Waals surface area contributed by atoms with Crippen LogP contribution in [0.4, 0.5) is 5.69 Å². The Morgan fingerprint density at radius 1 is 0.933 bits per heavy atom. The van der Waals surface area contributed by atoms with Gasteiger partial charge in [-0.3, -0.25) is 4.79 Å². The Bertz CT molecular complexity index is 1100. The molecule has 3 aromatic rings. The molecule has 0 saturated heterocycles. The predicted molar refractivity (Wildman–Crippen MR) is 114 cm³/mol. The number of cyclic esters (lactones) is 1. The van der Waals surface area contributed by atoms with E-state index in [-0.39, 0.29) is 24.1 Å². The minimum atomic E-state index is -0.494. The van der Waals surface area contributed by atoms with Crippen LogP contribution in [0.15, 0.2) is 95.6 Å². The topological polar surface area (TPSA) is 77.0 Å². The van der Waals surface area contributed by atoms with Gasteiger partial charge < -0.3 is 14.8 Å². The first-order valence-electron chi connectivity index (χ1n) is 9.33. The van der Waals surface area contributed by atoms with Gasteiger partial charge in [0.15, 0.2) is 12.3 Å². The van der Waals surface area contributed by atoms with Gasteiger partial charge >= 0.3 is 5.97 Å². The molecule has 0 radical (unpaired) electrons. The lowest BCUT2D eigenvalue weighted by Gasteiger charge is -2.07. The van der Waals surface area contributed by atoms with Gasteiger partial charge in [0.05, 0.1) is 0 Å². The van der Waals surface area contributed by atoms with Gasteiger partial charge in [0.25, 0.3) is 5.91 Å². The molecule has 4 rings (SSSR count). The van der Waals surface area contributed by atoms with Crippen molar-refractivity contribution in [2.24, 2.45) is 4.99 Å². The van der Waals surface area contributed by atoms with E-state index in [1.807, 2.05) is 48.5 Å². The van der Waals surface area contributed by atoms with Crippen LogP contribution < -0.4 is 10.1 Å². The molecule has 1 heterocycles. The minimum Gasteiger partial charge on any atom is -0.484 e. The number of nitrogens with one attached hydrogen (secondary N) is 1. The highest BCUT2D eigenvalue weighted by molar-refractivity contribution is 6.12. The van der Waals surface area contributed by atoms with Crippen molar-refractivity contribution < 1.29 is 19.1 Å². The minimum absolute atomic E-state index is 0.105. The molecule has 1 amide bonds. The van der Waals surface area contributed by atoms with Crippen LogP contribution in [0.1, 0.15) is 11.1 Å². The molecule has 0 atom stereocenters. The number of anilines is 1. The first-order chi connectivity index (χ1) is 14.7. The number of benzene rings is 3. The van der Waals surface area contributed by atoms with Crippen molar-refractivity contribution in [1.82, 2.24) is 0 Å². The van der Waals surface area contributed by atoms with Crippen LogP contribution in [-0.2, 0) is 14.3 Å². The van der Waals surface area contributed by atoms with Gasteiger partial charge in [-0.05, 0) is 48.0 Å². The van der Waals surface area contributed by atoms with E-state index < -0.39 is 5.97 Å². The van der Waals surface area contributed by atoms with E-state index in [0.717, 1.165) is 11.1 Å². The van der Waals surface area contributed by atoms with Crippen LogP contribution in [0.5, 0.6) is 5.75 Å². The van der Waals surface area contributed by atoms with Crippen molar-refractivity contribution in [3.8, 4) is 5.75 Å². The normalized spacial score (nSPS) is 14.2. The highest BCUT2D eigenvalue weighted by Crippen LogP contribution is 2.20. The van der Waals surface area contributed by atoms with E-state index in [1.54, 1.807) is 42.5 Å². The monoisotopic (exact) mass is 398 g/mol. The molecule has 0 fully saturated rings. The zero-order valence-corrected chi connectivity index (χ0v) is 15.9. The summed E-state index contributed by atoms with van der Waals surface area (Å²) in [6.45, 7) is -0.105. The second-order valence-electron chi connectivity index (χ2n) is 6.47. The SMILES string of the molecule is O=C(COc1ccc(C=C2N=C(c3ccccc3)OC2=O)cc1)Nc1ccccc1. The molecule has 6 heteroatoms. The summed E-state index contributed by atoms with van der Waals surface area (Å²) in [6, 6.07) is 25.4. The number of carbonyl (C=O) groups is 2. The summed E-state index contributed by atoms with van der Waals surface area (Å²) in [5.41, 5.74) is 2.45. The van der Waals surface area contributed by atoms with Gasteiger partial charge in [-0.2, -0.15) is 0 Å². The summed E-state index contributed by atoms with van der Waals surface area (Å²) in [5.74, 6) is 0.0923. The summed E-state index contributed by atoms with van der Waals surface area (Å²) >= 11 is 0. The Balaban J connectivity index is 1.37. The van der Waals surface area contributed by atoms with E-state index in [4.69, 9.17) is 9.47 Å². The Hall–Kier alpha value is -4.19. The Morgan fingerprint density at radius 3 is 2.30 bits per heavy atom. The standard InChI is InChI=1S/C24H18N2O4/c27-22(25-19-9-5-2-6-10-19)16-29-20-13-11-17(12-14-20)15-21-24(28)30-23(26-21)18-7-3-1-4-8-18/h1-15H,16H2,(H,25,27). The molecular formula is C24H18N2O4. The molecule has 0 aromatic heterocycles. The van der Waals surface area contributed by atoms with Crippen LogP contribution in [0, 0.1) is 0 Å². The van der Waals surface area contributed by atoms with Crippen LogP contribution in [-0.4, -0.2) is 24.4 Å².